The van der Waals surface area contributed by atoms with Gasteiger partial charge in [0.25, 0.3) is 5.56 Å². The first-order valence-corrected chi connectivity index (χ1v) is 10.1. The maximum Gasteiger partial charge on any atom is 0.257 e. The van der Waals surface area contributed by atoms with Crippen molar-refractivity contribution in [2.45, 2.75) is 26.1 Å². The van der Waals surface area contributed by atoms with Crippen LogP contribution in [0.5, 0.6) is 0 Å². The van der Waals surface area contributed by atoms with Crippen LogP contribution in [-0.4, -0.2) is 21.0 Å². The van der Waals surface area contributed by atoms with Gasteiger partial charge in [-0.05, 0) is 35.2 Å². The van der Waals surface area contributed by atoms with Gasteiger partial charge in [-0.15, -0.1) is 0 Å². The first-order valence-electron chi connectivity index (χ1n) is 10.1. The summed E-state index contributed by atoms with van der Waals surface area (Å²) >= 11 is 0. The second-order valence-corrected chi connectivity index (χ2v) is 7.65. The zero-order chi connectivity index (χ0) is 19.6. The summed E-state index contributed by atoms with van der Waals surface area (Å²) in [6, 6.07) is 24.7. The summed E-state index contributed by atoms with van der Waals surface area (Å²) in [6.07, 6.45) is 2.66. The average Bonchev–Trinajstić information content (AvgIpc) is 2.78. The monoisotopic (exact) mass is 381 g/mol. The summed E-state index contributed by atoms with van der Waals surface area (Å²) < 4.78 is 1.84. The molecule has 0 saturated carbocycles. The highest BCUT2D eigenvalue weighted by molar-refractivity contribution is 5.80. The van der Waals surface area contributed by atoms with E-state index < -0.39 is 0 Å². The van der Waals surface area contributed by atoms with E-state index >= 15 is 0 Å². The van der Waals surface area contributed by atoms with E-state index in [1.807, 2.05) is 34.9 Å². The maximum atomic E-state index is 13.5. The van der Waals surface area contributed by atoms with Crippen LogP contribution in [0.4, 0.5) is 0 Å². The molecule has 4 aromatic rings. The van der Waals surface area contributed by atoms with Gasteiger partial charge in [-0.3, -0.25) is 14.3 Å². The third-order valence-electron chi connectivity index (χ3n) is 5.73. The van der Waals surface area contributed by atoms with Gasteiger partial charge in [0.05, 0.1) is 6.54 Å². The number of nitrogens with zero attached hydrogens (tertiary/aromatic N) is 3. The van der Waals surface area contributed by atoms with Gasteiger partial charge in [-0.25, -0.2) is 4.98 Å². The van der Waals surface area contributed by atoms with Gasteiger partial charge in [0.15, 0.2) is 0 Å². The van der Waals surface area contributed by atoms with Gasteiger partial charge in [0.1, 0.15) is 5.65 Å². The van der Waals surface area contributed by atoms with Crippen molar-refractivity contribution in [1.82, 2.24) is 14.5 Å². The lowest BCUT2D eigenvalue weighted by molar-refractivity contribution is 0.244. The van der Waals surface area contributed by atoms with Crippen LogP contribution in [0.1, 0.15) is 22.3 Å². The van der Waals surface area contributed by atoms with Crippen LogP contribution in [0.2, 0.25) is 0 Å². The molecule has 0 spiro atoms. The normalized spacial score (nSPS) is 14.1. The van der Waals surface area contributed by atoms with Crippen LogP contribution in [0.3, 0.4) is 0 Å². The minimum atomic E-state index is 0.0906. The van der Waals surface area contributed by atoms with E-state index in [0.717, 1.165) is 41.7 Å². The number of rotatable bonds is 4. The topological polar surface area (TPSA) is 38.1 Å². The molecular formula is C25H23N3O. The standard InChI is InChI=1S/C25H23N3O/c29-25-23-18-27(16-19-8-3-1-4-9-19)15-13-21(23)22-12-7-14-26-24(22)28(25)17-20-10-5-2-6-11-20/h1-12,14H,13,15-18H2. The molecule has 0 N–H and O–H groups in total. The summed E-state index contributed by atoms with van der Waals surface area (Å²) in [4.78, 5) is 20.5. The van der Waals surface area contributed by atoms with Gasteiger partial charge >= 0.3 is 0 Å². The lowest BCUT2D eigenvalue weighted by Crippen LogP contribution is -2.37. The first-order chi connectivity index (χ1) is 14.3. The number of aromatic nitrogens is 2. The Labute approximate surface area is 170 Å². The molecular weight excluding hydrogens is 358 g/mol. The average molecular weight is 381 g/mol. The van der Waals surface area contributed by atoms with Crippen molar-refractivity contribution in [3.63, 3.8) is 0 Å². The molecule has 3 heterocycles. The van der Waals surface area contributed by atoms with Crippen molar-refractivity contribution < 1.29 is 0 Å². The molecule has 2 aromatic carbocycles. The van der Waals surface area contributed by atoms with Gasteiger partial charge in [0, 0.05) is 36.8 Å². The Morgan fingerprint density at radius 2 is 1.48 bits per heavy atom. The molecule has 0 saturated heterocycles. The minimum Gasteiger partial charge on any atom is -0.294 e. The van der Waals surface area contributed by atoms with Crippen molar-refractivity contribution in [3.05, 3.63) is 112 Å². The van der Waals surface area contributed by atoms with E-state index in [9.17, 15) is 4.79 Å². The van der Waals surface area contributed by atoms with E-state index in [4.69, 9.17) is 0 Å². The van der Waals surface area contributed by atoms with Crippen LogP contribution in [0.15, 0.2) is 83.8 Å². The summed E-state index contributed by atoms with van der Waals surface area (Å²) in [5, 5.41) is 1.11. The van der Waals surface area contributed by atoms with Crippen molar-refractivity contribution in [2.75, 3.05) is 6.54 Å². The first kappa shape index (κ1) is 17.8. The van der Waals surface area contributed by atoms with Crippen molar-refractivity contribution in [2.24, 2.45) is 0 Å². The molecule has 0 aliphatic carbocycles. The minimum absolute atomic E-state index is 0.0906. The predicted molar refractivity (Wildman–Crippen MR) is 116 cm³/mol. The van der Waals surface area contributed by atoms with Gasteiger partial charge in [0.2, 0.25) is 0 Å². The van der Waals surface area contributed by atoms with Crippen molar-refractivity contribution in [3.8, 4) is 0 Å². The van der Waals surface area contributed by atoms with Crippen LogP contribution in [0.25, 0.3) is 11.0 Å². The Balaban J connectivity index is 1.57. The molecule has 0 atom stereocenters. The Kier molecular flexibility index (Phi) is 4.70. The fourth-order valence-electron chi connectivity index (χ4n) is 4.31. The number of fused-ring (bicyclic) bond motifs is 3. The Morgan fingerprint density at radius 3 is 2.21 bits per heavy atom. The van der Waals surface area contributed by atoms with Crippen LogP contribution >= 0.6 is 0 Å². The van der Waals surface area contributed by atoms with Crippen LogP contribution < -0.4 is 5.56 Å². The third-order valence-corrected chi connectivity index (χ3v) is 5.73. The molecule has 2 aromatic heterocycles. The molecule has 0 unspecified atom stereocenters. The fourth-order valence-corrected chi connectivity index (χ4v) is 4.31. The highest BCUT2D eigenvalue weighted by atomic mass is 16.1. The summed E-state index contributed by atoms with van der Waals surface area (Å²) in [7, 11) is 0. The molecule has 4 nitrogen and oxygen atoms in total. The Hall–Kier alpha value is -3.24. The Bertz CT molecular complexity index is 1200. The van der Waals surface area contributed by atoms with E-state index in [0.29, 0.717) is 13.1 Å². The van der Waals surface area contributed by atoms with E-state index in [1.54, 1.807) is 6.20 Å². The van der Waals surface area contributed by atoms with Gasteiger partial charge < -0.3 is 0 Å². The number of benzene rings is 2. The van der Waals surface area contributed by atoms with E-state index in [2.05, 4.69) is 52.3 Å². The van der Waals surface area contributed by atoms with Crippen LogP contribution in [-0.2, 0) is 26.1 Å². The lowest BCUT2D eigenvalue weighted by Gasteiger charge is -2.30. The molecule has 29 heavy (non-hydrogen) atoms. The zero-order valence-corrected chi connectivity index (χ0v) is 16.3. The molecule has 4 heteroatoms. The largest absolute Gasteiger partial charge is 0.294 e. The fraction of sp³-hybridized carbons (Fsp3) is 0.200. The molecule has 1 aliphatic heterocycles. The number of pyridine rings is 2. The molecule has 0 radical (unpaired) electrons. The molecule has 5 rings (SSSR count). The summed E-state index contributed by atoms with van der Waals surface area (Å²) in [6.45, 7) is 3.04. The van der Waals surface area contributed by atoms with Crippen molar-refractivity contribution in [1.29, 1.82) is 0 Å². The van der Waals surface area contributed by atoms with Crippen LogP contribution in [0, 0.1) is 0 Å². The quantitative estimate of drug-likeness (QED) is 0.536. The molecule has 0 amide bonds. The molecule has 0 fully saturated rings. The van der Waals surface area contributed by atoms with E-state index in [1.165, 1.54) is 11.1 Å². The third kappa shape index (κ3) is 3.47. The molecule has 1 aliphatic rings. The summed E-state index contributed by atoms with van der Waals surface area (Å²) in [5.74, 6) is 0. The van der Waals surface area contributed by atoms with Gasteiger partial charge in [-0.2, -0.15) is 0 Å². The smallest absolute Gasteiger partial charge is 0.257 e. The molecule has 144 valence electrons. The number of hydrogen-bond acceptors (Lipinski definition) is 3. The van der Waals surface area contributed by atoms with Crippen molar-refractivity contribution >= 4 is 11.0 Å². The highest BCUT2D eigenvalue weighted by Crippen LogP contribution is 2.25. The second kappa shape index (κ2) is 7.64. The summed E-state index contributed by atoms with van der Waals surface area (Å²) in [5.41, 5.74) is 5.36. The van der Waals surface area contributed by atoms with Gasteiger partial charge in [-0.1, -0.05) is 60.7 Å². The van der Waals surface area contributed by atoms with E-state index in [-0.39, 0.29) is 5.56 Å². The predicted octanol–water partition coefficient (Wildman–Crippen LogP) is 4.00. The zero-order valence-electron chi connectivity index (χ0n) is 16.3. The Morgan fingerprint density at radius 1 is 0.793 bits per heavy atom. The highest BCUT2D eigenvalue weighted by Gasteiger charge is 2.24. The number of hydrogen-bond donors (Lipinski definition) is 0. The second-order valence-electron chi connectivity index (χ2n) is 7.65. The lowest BCUT2D eigenvalue weighted by atomic mass is 9.97. The molecule has 0 bridgehead atoms. The maximum absolute atomic E-state index is 13.5. The SMILES string of the molecule is O=c1c2c(c3cccnc3n1Cc1ccccc1)CCN(Cc1ccccc1)C2.